The maximum absolute atomic E-state index is 4.18. The Morgan fingerprint density at radius 1 is 1.33 bits per heavy atom. The van der Waals surface area contributed by atoms with Crippen molar-refractivity contribution in [3.8, 4) is 0 Å². The summed E-state index contributed by atoms with van der Waals surface area (Å²) in [5, 5.41) is 2.26. The molecule has 0 saturated carbocycles. The summed E-state index contributed by atoms with van der Waals surface area (Å²) in [6.07, 6.45) is 3.41. The van der Waals surface area contributed by atoms with E-state index in [0.717, 1.165) is 16.2 Å². The maximum Gasteiger partial charge on any atom is 0.116 e. The highest BCUT2D eigenvalue weighted by atomic mass is 31.0. The molecule has 2 nitrogen and oxygen atoms in total. The van der Waals surface area contributed by atoms with Gasteiger partial charge in [-0.1, -0.05) is 6.07 Å². The summed E-state index contributed by atoms with van der Waals surface area (Å²) in [7, 11) is 2.70. The van der Waals surface area contributed by atoms with E-state index in [4.69, 9.17) is 0 Å². The van der Waals surface area contributed by atoms with Crippen molar-refractivity contribution >= 4 is 25.4 Å². The van der Waals surface area contributed by atoms with Crippen LogP contribution in [0, 0.1) is 6.92 Å². The van der Waals surface area contributed by atoms with Crippen LogP contribution in [0.15, 0.2) is 24.7 Å². The summed E-state index contributed by atoms with van der Waals surface area (Å²) in [4.78, 5) is 8.16. The predicted molar refractivity (Wildman–Crippen MR) is 53.6 cm³/mol. The van der Waals surface area contributed by atoms with Crippen LogP contribution >= 0.6 is 9.24 Å². The van der Waals surface area contributed by atoms with Crippen LogP contribution in [0.1, 0.15) is 5.56 Å². The molecule has 0 radical (unpaired) electrons. The van der Waals surface area contributed by atoms with E-state index in [1.54, 1.807) is 6.33 Å². The quantitative estimate of drug-likeness (QED) is 0.567. The van der Waals surface area contributed by atoms with Gasteiger partial charge in [-0.05, 0) is 23.9 Å². The molecule has 1 heterocycles. The molecular formula is C9H9N2P. The van der Waals surface area contributed by atoms with Crippen molar-refractivity contribution in [2.45, 2.75) is 6.92 Å². The van der Waals surface area contributed by atoms with Crippen molar-refractivity contribution in [1.29, 1.82) is 0 Å². The Morgan fingerprint density at radius 2 is 2.17 bits per heavy atom. The number of aromatic nitrogens is 2. The molecule has 0 spiro atoms. The van der Waals surface area contributed by atoms with E-state index in [9.17, 15) is 0 Å². The van der Waals surface area contributed by atoms with Gasteiger partial charge in [0.1, 0.15) is 6.33 Å². The fraction of sp³-hybridized carbons (Fsp3) is 0.111. The number of benzene rings is 1. The van der Waals surface area contributed by atoms with E-state index < -0.39 is 0 Å². The van der Waals surface area contributed by atoms with Gasteiger partial charge in [-0.15, -0.1) is 9.24 Å². The van der Waals surface area contributed by atoms with Crippen LogP contribution in [0.25, 0.3) is 10.9 Å². The van der Waals surface area contributed by atoms with Crippen molar-refractivity contribution in [1.82, 2.24) is 9.97 Å². The van der Waals surface area contributed by atoms with E-state index in [1.165, 1.54) is 5.56 Å². The van der Waals surface area contributed by atoms with Crippen LogP contribution < -0.4 is 5.30 Å². The van der Waals surface area contributed by atoms with Gasteiger partial charge < -0.3 is 0 Å². The molecule has 1 aromatic carbocycles. The van der Waals surface area contributed by atoms with Gasteiger partial charge in [-0.3, -0.25) is 0 Å². The SMILES string of the molecule is Cc1cc(P)c2cncnc2c1. The van der Waals surface area contributed by atoms with Crippen LogP contribution in [0.2, 0.25) is 0 Å². The monoisotopic (exact) mass is 176 g/mol. The van der Waals surface area contributed by atoms with Crippen LogP contribution in [0.4, 0.5) is 0 Å². The van der Waals surface area contributed by atoms with E-state index in [0.29, 0.717) is 0 Å². The van der Waals surface area contributed by atoms with Gasteiger partial charge in [0.15, 0.2) is 0 Å². The molecule has 1 atom stereocenters. The van der Waals surface area contributed by atoms with Gasteiger partial charge in [0.05, 0.1) is 5.52 Å². The van der Waals surface area contributed by atoms with Crippen LogP contribution in [-0.2, 0) is 0 Å². The maximum atomic E-state index is 4.18. The van der Waals surface area contributed by atoms with Gasteiger partial charge in [0, 0.05) is 11.6 Å². The zero-order valence-corrected chi connectivity index (χ0v) is 7.94. The van der Waals surface area contributed by atoms with Gasteiger partial charge in [0.25, 0.3) is 0 Å². The molecule has 12 heavy (non-hydrogen) atoms. The minimum atomic E-state index is 1.01. The number of rotatable bonds is 0. The third-order valence-electron chi connectivity index (χ3n) is 1.80. The van der Waals surface area contributed by atoms with Crippen molar-refractivity contribution in [2.75, 3.05) is 0 Å². The highest BCUT2D eigenvalue weighted by Gasteiger charge is 1.98. The fourth-order valence-electron chi connectivity index (χ4n) is 1.26. The Hall–Kier alpha value is -1.01. The van der Waals surface area contributed by atoms with Crippen molar-refractivity contribution in [2.24, 2.45) is 0 Å². The molecule has 60 valence electrons. The summed E-state index contributed by atoms with van der Waals surface area (Å²) in [5.74, 6) is 0. The average Bonchev–Trinajstić information content (AvgIpc) is 2.04. The topological polar surface area (TPSA) is 25.8 Å². The van der Waals surface area contributed by atoms with Crippen LogP contribution in [-0.4, -0.2) is 9.97 Å². The minimum absolute atomic E-state index is 1.01. The van der Waals surface area contributed by atoms with Crippen molar-refractivity contribution in [3.05, 3.63) is 30.2 Å². The number of hydrogen-bond acceptors (Lipinski definition) is 2. The average molecular weight is 176 g/mol. The lowest BCUT2D eigenvalue weighted by Crippen LogP contribution is -1.96. The lowest BCUT2D eigenvalue weighted by Gasteiger charge is -2.00. The second kappa shape index (κ2) is 2.80. The zero-order chi connectivity index (χ0) is 8.55. The standard InChI is InChI=1S/C9H9N2P/c1-6-2-8-7(9(12)3-6)4-10-5-11-8/h2-5H,12H2,1H3. The molecule has 0 amide bonds. The molecule has 0 aliphatic rings. The second-order valence-corrected chi connectivity index (χ2v) is 3.43. The lowest BCUT2D eigenvalue weighted by atomic mass is 10.2. The van der Waals surface area contributed by atoms with E-state index in [-0.39, 0.29) is 0 Å². The summed E-state index contributed by atoms with van der Waals surface area (Å²) >= 11 is 0. The predicted octanol–water partition coefficient (Wildman–Crippen LogP) is 1.44. The number of fused-ring (bicyclic) bond motifs is 1. The first-order chi connectivity index (χ1) is 5.77. The molecule has 2 rings (SSSR count). The van der Waals surface area contributed by atoms with E-state index in [1.807, 2.05) is 6.20 Å². The van der Waals surface area contributed by atoms with Gasteiger partial charge in [0.2, 0.25) is 0 Å². The van der Waals surface area contributed by atoms with Gasteiger partial charge >= 0.3 is 0 Å². The van der Waals surface area contributed by atoms with Crippen molar-refractivity contribution < 1.29 is 0 Å². The first kappa shape index (κ1) is 7.63. The third-order valence-corrected chi connectivity index (χ3v) is 2.28. The Balaban J connectivity index is 2.89. The highest BCUT2D eigenvalue weighted by molar-refractivity contribution is 7.28. The molecule has 2 aromatic rings. The molecule has 0 fully saturated rings. The number of aryl methyl sites for hydroxylation is 1. The highest BCUT2D eigenvalue weighted by Crippen LogP contribution is 2.11. The van der Waals surface area contributed by atoms with Crippen LogP contribution in [0.5, 0.6) is 0 Å². The Morgan fingerprint density at radius 3 is 3.00 bits per heavy atom. The van der Waals surface area contributed by atoms with Crippen LogP contribution in [0.3, 0.4) is 0 Å². The minimum Gasteiger partial charge on any atom is -0.244 e. The van der Waals surface area contributed by atoms with E-state index in [2.05, 4.69) is 38.3 Å². The summed E-state index contributed by atoms with van der Waals surface area (Å²) in [5.41, 5.74) is 2.24. The van der Waals surface area contributed by atoms with Crippen molar-refractivity contribution in [3.63, 3.8) is 0 Å². The molecule has 0 aliphatic carbocycles. The molecule has 1 unspecified atom stereocenters. The lowest BCUT2D eigenvalue weighted by molar-refractivity contribution is 1.22. The second-order valence-electron chi connectivity index (χ2n) is 2.81. The smallest absolute Gasteiger partial charge is 0.116 e. The number of hydrogen-bond donors (Lipinski definition) is 0. The first-order valence-electron chi connectivity index (χ1n) is 3.73. The van der Waals surface area contributed by atoms with Gasteiger partial charge in [-0.25, -0.2) is 9.97 Å². The molecule has 0 aliphatic heterocycles. The zero-order valence-electron chi connectivity index (χ0n) is 6.78. The summed E-state index contributed by atoms with van der Waals surface area (Å²) in [6, 6.07) is 4.17. The molecule has 0 N–H and O–H groups in total. The molecule has 1 aromatic heterocycles. The third kappa shape index (κ3) is 1.19. The Kier molecular flexibility index (Phi) is 1.78. The first-order valence-corrected chi connectivity index (χ1v) is 4.31. The number of nitrogens with zero attached hydrogens (tertiary/aromatic N) is 2. The normalized spacial score (nSPS) is 10.5. The molecule has 0 bridgehead atoms. The largest absolute Gasteiger partial charge is 0.244 e. The van der Waals surface area contributed by atoms with Gasteiger partial charge in [-0.2, -0.15) is 0 Å². The molecule has 0 saturated heterocycles. The Bertz CT molecular complexity index is 426. The molecular weight excluding hydrogens is 167 g/mol. The summed E-state index contributed by atoms with van der Waals surface area (Å²) < 4.78 is 0. The summed E-state index contributed by atoms with van der Waals surface area (Å²) in [6.45, 7) is 2.06. The molecule has 3 heteroatoms. The van der Waals surface area contributed by atoms with E-state index >= 15 is 0 Å². The Labute approximate surface area is 73.2 Å². The fourth-order valence-corrected chi connectivity index (χ4v) is 1.74.